The van der Waals surface area contributed by atoms with Gasteiger partial charge in [0.05, 0.1) is 6.10 Å². The summed E-state index contributed by atoms with van der Waals surface area (Å²) in [6, 6.07) is 3.14. The minimum atomic E-state index is -0.588. The predicted molar refractivity (Wildman–Crippen MR) is 74.9 cm³/mol. The molecule has 1 atom stereocenters. The minimum absolute atomic E-state index is 0.216. The third kappa shape index (κ3) is 5.89. The van der Waals surface area contributed by atoms with E-state index in [1.165, 1.54) is 0 Å². The second-order valence-electron chi connectivity index (χ2n) is 5.43. The second kappa shape index (κ2) is 6.73. The highest BCUT2D eigenvalue weighted by molar-refractivity contribution is 6.29. The molecule has 0 saturated heterocycles. The Kier molecular flexibility index (Phi) is 5.57. The molecule has 1 heterocycles. The first-order valence-electron chi connectivity index (χ1n) is 6.09. The van der Waals surface area contributed by atoms with Crippen LogP contribution in [0.1, 0.15) is 26.3 Å². The highest BCUT2D eigenvalue weighted by atomic mass is 35.5. The molecule has 0 bridgehead atoms. The maximum Gasteiger partial charge on any atom is 0.315 e. The van der Waals surface area contributed by atoms with Crippen LogP contribution in [0, 0.1) is 5.41 Å². The van der Waals surface area contributed by atoms with Crippen molar-refractivity contribution in [3.8, 4) is 0 Å². The predicted octanol–water partition coefficient (Wildman–Crippen LogP) is 1.94. The van der Waals surface area contributed by atoms with Crippen molar-refractivity contribution in [3.05, 3.63) is 29.0 Å². The SMILES string of the molecule is CC(C)(C)C(O)CNC(=O)NCc1ccc(Cl)nc1. The molecule has 0 radical (unpaired) electrons. The maximum atomic E-state index is 11.5. The molecule has 6 heteroatoms. The lowest BCUT2D eigenvalue weighted by atomic mass is 9.89. The number of nitrogens with zero attached hydrogens (tertiary/aromatic N) is 1. The van der Waals surface area contributed by atoms with Crippen molar-refractivity contribution in [2.45, 2.75) is 33.4 Å². The normalized spacial score (nSPS) is 12.9. The fourth-order valence-electron chi connectivity index (χ4n) is 1.25. The molecule has 3 N–H and O–H groups in total. The lowest BCUT2D eigenvalue weighted by molar-refractivity contribution is 0.0650. The number of aliphatic hydroxyl groups excluding tert-OH is 1. The highest BCUT2D eigenvalue weighted by Gasteiger charge is 2.22. The second-order valence-corrected chi connectivity index (χ2v) is 5.82. The topological polar surface area (TPSA) is 74.2 Å². The van der Waals surface area contributed by atoms with Gasteiger partial charge in [-0.1, -0.05) is 38.4 Å². The molecule has 19 heavy (non-hydrogen) atoms. The molecule has 0 fully saturated rings. The number of nitrogens with one attached hydrogen (secondary N) is 2. The lowest BCUT2D eigenvalue weighted by Gasteiger charge is -2.25. The Morgan fingerprint density at radius 3 is 2.63 bits per heavy atom. The fourth-order valence-corrected chi connectivity index (χ4v) is 1.36. The molecule has 2 amide bonds. The number of rotatable bonds is 4. The number of carbonyl (C=O) groups excluding carboxylic acids is 1. The van der Waals surface area contributed by atoms with Crippen LogP contribution in [0.4, 0.5) is 4.79 Å². The van der Waals surface area contributed by atoms with Gasteiger partial charge in [0.15, 0.2) is 0 Å². The first-order chi connectivity index (χ1) is 8.79. The van der Waals surface area contributed by atoms with Crippen LogP contribution in [0.5, 0.6) is 0 Å². The van der Waals surface area contributed by atoms with Crippen LogP contribution in [0.15, 0.2) is 18.3 Å². The van der Waals surface area contributed by atoms with E-state index in [0.717, 1.165) is 5.56 Å². The van der Waals surface area contributed by atoms with Gasteiger partial charge in [-0.05, 0) is 17.0 Å². The monoisotopic (exact) mass is 285 g/mol. The van der Waals surface area contributed by atoms with Gasteiger partial charge >= 0.3 is 6.03 Å². The average Bonchev–Trinajstić information content (AvgIpc) is 2.34. The number of aliphatic hydroxyl groups is 1. The van der Waals surface area contributed by atoms with Crippen LogP contribution in [0.3, 0.4) is 0 Å². The van der Waals surface area contributed by atoms with E-state index in [-0.39, 0.29) is 18.0 Å². The van der Waals surface area contributed by atoms with Crippen molar-refractivity contribution in [2.75, 3.05) is 6.54 Å². The summed E-state index contributed by atoms with van der Waals surface area (Å²) >= 11 is 5.66. The zero-order valence-corrected chi connectivity index (χ0v) is 12.2. The molecular weight excluding hydrogens is 266 g/mol. The van der Waals surface area contributed by atoms with Crippen molar-refractivity contribution in [1.82, 2.24) is 15.6 Å². The molecule has 5 nitrogen and oxygen atoms in total. The Hall–Kier alpha value is -1.33. The van der Waals surface area contributed by atoms with Gasteiger partial charge in [-0.3, -0.25) is 0 Å². The molecular formula is C13H20ClN3O2. The van der Waals surface area contributed by atoms with E-state index < -0.39 is 6.10 Å². The molecule has 0 aliphatic rings. The number of hydrogen-bond donors (Lipinski definition) is 3. The van der Waals surface area contributed by atoms with Gasteiger partial charge in [-0.2, -0.15) is 0 Å². The number of hydrogen-bond acceptors (Lipinski definition) is 3. The van der Waals surface area contributed by atoms with Gasteiger partial charge in [-0.15, -0.1) is 0 Å². The molecule has 1 unspecified atom stereocenters. The zero-order chi connectivity index (χ0) is 14.5. The van der Waals surface area contributed by atoms with E-state index in [0.29, 0.717) is 11.7 Å². The van der Waals surface area contributed by atoms with Crippen LogP contribution < -0.4 is 10.6 Å². The van der Waals surface area contributed by atoms with Gasteiger partial charge < -0.3 is 15.7 Å². The van der Waals surface area contributed by atoms with Crippen molar-refractivity contribution in [3.63, 3.8) is 0 Å². The molecule has 1 aromatic rings. The Morgan fingerprint density at radius 2 is 2.11 bits per heavy atom. The summed E-state index contributed by atoms with van der Waals surface area (Å²) in [6.45, 7) is 6.32. The van der Waals surface area contributed by atoms with Crippen molar-refractivity contribution in [1.29, 1.82) is 0 Å². The van der Waals surface area contributed by atoms with Crippen molar-refractivity contribution in [2.24, 2.45) is 5.41 Å². The summed E-state index contributed by atoms with van der Waals surface area (Å²) in [4.78, 5) is 15.5. The molecule has 0 aliphatic carbocycles. The van der Waals surface area contributed by atoms with Crippen molar-refractivity contribution < 1.29 is 9.90 Å². The van der Waals surface area contributed by atoms with Gasteiger partial charge in [0.2, 0.25) is 0 Å². The minimum Gasteiger partial charge on any atom is -0.391 e. The number of amides is 2. The van der Waals surface area contributed by atoms with E-state index >= 15 is 0 Å². The van der Waals surface area contributed by atoms with Crippen LogP contribution in [-0.4, -0.2) is 28.8 Å². The molecule has 0 aromatic carbocycles. The van der Waals surface area contributed by atoms with E-state index in [2.05, 4.69) is 15.6 Å². The first kappa shape index (κ1) is 15.7. The molecule has 106 valence electrons. The number of carbonyl (C=O) groups is 1. The number of urea groups is 1. The van der Waals surface area contributed by atoms with Crippen LogP contribution in [0.2, 0.25) is 5.15 Å². The Morgan fingerprint density at radius 1 is 1.42 bits per heavy atom. The van der Waals surface area contributed by atoms with Gasteiger partial charge in [0.25, 0.3) is 0 Å². The quantitative estimate of drug-likeness (QED) is 0.740. The molecule has 1 rings (SSSR count). The summed E-state index contributed by atoms with van der Waals surface area (Å²) in [5, 5.41) is 15.5. The highest BCUT2D eigenvalue weighted by Crippen LogP contribution is 2.17. The summed E-state index contributed by atoms with van der Waals surface area (Å²) in [7, 11) is 0. The summed E-state index contributed by atoms with van der Waals surface area (Å²) in [6.07, 6.45) is 1.02. The van der Waals surface area contributed by atoms with Gasteiger partial charge in [-0.25, -0.2) is 9.78 Å². The summed E-state index contributed by atoms with van der Waals surface area (Å²) < 4.78 is 0. The Labute approximate surface area is 118 Å². The standard InChI is InChI=1S/C13H20ClN3O2/c1-13(2,3)10(18)8-17-12(19)16-7-9-4-5-11(14)15-6-9/h4-6,10,18H,7-8H2,1-3H3,(H2,16,17,19). The van der Waals surface area contributed by atoms with Crippen LogP contribution >= 0.6 is 11.6 Å². The van der Waals surface area contributed by atoms with E-state index in [4.69, 9.17) is 11.6 Å². The third-order valence-electron chi connectivity index (χ3n) is 2.70. The molecule has 0 aliphatic heterocycles. The Bertz CT molecular complexity index is 415. The van der Waals surface area contributed by atoms with Gasteiger partial charge in [0, 0.05) is 19.3 Å². The Balaban J connectivity index is 2.30. The smallest absolute Gasteiger partial charge is 0.315 e. The lowest BCUT2D eigenvalue weighted by Crippen LogP contribution is -2.43. The first-order valence-corrected chi connectivity index (χ1v) is 6.47. The van der Waals surface area contributed by atoms with Crippen molar-refractivity contribution >= 4 is 17.6 Å². The van der Waals surface area contributed by atoms with E-state index in [9.17, 15) is 9.90 Å². The number of pyridine rings is 1. The average molecular weight is 286 g/mol. The number of aromatic nitrogens is 1. The third-order valence-corrected chi connectivity index (χ3v) is 2.92. The van der Waals surface area contributed by atoms with E-state index in [1.54, 1.807) is 18.3 Å². The largest absolute Gasteiger partial charge is 0.391 e. The maximum absolute atomic E-state index is 11.5. The zero-order valence-electron chi connectivity index (χ0n) is 11.4. The van der Waals surface area contributed by atoms with E-state index in [1.807, 2.05) is 20.8 Å². The van der Waals surface area contributed by atoms with Crippen LogP contribution in [0.25, 0.3) is 0 Å². The van der Waals surface area contributed by atoms with Crippen LogP contribution in [-0.2, 0) is 6.54 Å². The molecule has 0 spiro atoms. The molecule has 0 saturated carbocycles. The summed E-state index contributed by atoms with van der Waals surface area (Å²) in [5.74, 6) is 0. The fraction of sp³-hybridized carbons (Fsp3) is 0.538. The number of halogens is 1. The summed E-state index contributed by atoms with van der Waals surface area (Å²) in [5.41, 5.74) is 0.601. The van der Waals surface area contributed by atoms with Gasteiger partial charge in [0.1, 0.15) is 5.15 Å². The molecule has 1 aromatic heterocycles.